The summed E-state index contributed by atoms with van der Waals surface area (Å²) in [4.78, 5) is 0. The molecule has 0 aliphatic rings. The van der Waals surface area contributed by atoms with Crippen LogP contribution in [-0.4, -0.2) is 24.7 Å². The van der Waals surface area contributed by atoms with Gasteiger partial charge >= 0.3 is 0 Å². The van der Waals surface area contributed by atoms with Gasteiger partial charge < -0.3 is 10.6 Å². The predicted octanol–water partition coefficient (Wildman–Crippen LogP) is 6.71. The van der Waals surface area contributed by atoms with Crippen molar-refractivity contribution in [2.45, 2.75) is 13.1 Å². The average molecular weight is 571 g/mol. The summed E-state index contributed by atoms with van der Waals surface area (Å²) in [6.07, 6.45) is 5.35. The van der Waals surface area contributed by atoms with Gasteiger partial charge in [-0.1, -0.05) is 59.1 Å². The molecule has 2 heterocycles. The molecule has 2 N–H and O–H groups in total. The highest BCUT2D eigenvalue weighted by atomic mass is 79.9. The fourth-order valence-electron chi connectivity index (χ4n) is 2.99. The van der Waals surface area contributed by atoms with Crippen LogP contribution in [-0.2, 0) is 13.1 Å². The number of hydrogen-bond acceptors (Lipinski definition) is 3. The van der Waals surface area contributed by atoms with E-state index in [1.165, 1.54) is 0 Å². The molecule has 0 aliphatic carbocycles. The average Bonchev–Trinajstić information content (AvgIpc) is 3.32. The van der Waals surface area contributed by atoms with E-state index in [2.05, 4.69) is 36.8 Å². The maximum absolute atomic E-state index is 6.24. The minimum Gasteiger partial charge on any atom is -0.330 e. The zero-order chi connectivity index (χ0) is 22.7. The van der Waals surface area contributed by atoms with Crippen molar-refractivity contribution in [2.75, 3.05) is 10.6 Å². The molecule has 4 rings (SSSR count). The number of rotatable bonds is 6. The van der Waals surface area contributed by atoms with Crippen molar-refractivity contribution in [3.63, 3.8) is 0 Å². The normalized spacial score (nSPS) is 10.9. The van der Waals surface area contributed by atoms with E-state index in [0.717, 1.165) is 21.3 Å². The summed E-state index contributed by atoms with van der Waals surface area (Å²) in [6.45, 7) is 0.982. The molecule has 0 saturated heterocycles. The van der Waals surface area contributed by atoms with Crippen LogP contribution < -0.4 is 10.6 Å². The first-order valence-corrected chi connectivity index (χ1v) is 11.7. The monoisotopic (exact) mass is 568 g/mol. The van der Waals surface area contributed by atoms with Gasteiger partial charge in [-0.05, 0) is 51.9 Å². The highest BCUT2D eigenvalue weighted by molar-refractivity contribution is 9.10. The molecule has 0 unspecified atom stereocenters. The van der Waals surface area contributed by atoms with E-state index in [9.17, 15) is 0 Å². The van der Waals surface area contributed by atoms with E-state index >= 15 is 0 Å². The van der Waals surface area contributed by atoms with Gasteiger partial charge in [0.1, 0.15) is 0 Å². The summed E-state index contributed by atoms with van der Waals surface area (Å²) in [5.41, 5.74) is 2.50. The molecule has 0 fully saturated rings. The first kappa shape index (κ1) is 23.1. The van der Waals surface area contributed by atoms with Crippen molar-refractivity contribution in [1.82, 2.24) is 19.6 Å². The number of nitrogens with zero attached hydrogens (tertiary/aromatic N) is 4. The third-order valence-corrected chi connectivity index (χ3v) is 6.37. The van der Waals surface area contributed by atoms with Crippen LogP contribution in [0.2, 0.25) is 15.1 Å². The zero-order valence-corrected chi connectivity index (χ0v) is 21.1. The Kier molecular flexibility index (Phi) is 7.37. The lowest BCUT2D eigenvalue weighted by Crippen LogP contribution is -2.19. The van der Waals surface area contributed by atoms with Crippen molar-refractivity contribution in [2.24, 2.45) is 0 Å². The Hall–Kier alpha value is -2.10. The summed E-state index contributed by atoms with van der Waals surface area (Å²) < 4.78 is 4.28. The Bertz CT molecular complexity index is 1250. The third kappa shape index (κ3) is 5.63. The molecule has 0 bridgehead atoms. The number of anilines is 2. The Morgan fingerprint density at radius 2 is 1.62 bits per heavy atom. The van der Waals surface area contributed by atoms with Crippen LogP contribution in [0.3, 0.4) is 0 Å². The van der Waals surface area contributed by atoms with Crippen LogP contribution in [0.25, 0.3) is 0 Å². The van der Waals surface area contributed by atoms with E-state index < -0.39 is 0 Å². The van der Waals surface area contributed by atoms with Crippen molar-refractivity contribution >= 4 is 79.6 Å². The first-order valence-electron chi connectivity index (χ1n) is 9.39. The molecule has 0 spiro atoms. The summed E-state index contributed by atoms with van der Waals surface area (Å²) >= 11 is 27.7. The van der Waals surface area contributed by atoms with E-state index in [1.54, 1.807) is 27.7 Å². The molecule has 4 aromatic rings. The van der Waals surface area contributed by atoms with Gasteiger partial charge in [-0.15, -0.1) is 0 Å². The first-order chi connectivity index (χ1) is 15.4. The van der Waals surface area contributed by atoms with E-state index in [1.807, 2.05) is 42.7 Å². The van der Waals surface area contributed by atoms with E-state index in [4.69, 9.17) is 47.0 Å². The second-order valence-electron chi connectivity index (χ2n) is 6.82. The van der Waals surface area contributed by atoms with Gasteiger partial charge in [0.2, 0.25) is 0 Å². The highest BCUT2D eigenvalue weighted by Gasteiger charge is 2.11. The second kappa shape index (κ2) is 10.2. The highest BCUT2D eigenvalue weighted by Crippen LogP contribution is 2.26. The Morgan fingerprint density at radius 3 is 2.38 bits per heavy atom. The number of nitrogens with one attached hydrogen (secondary N) is 2. The zero-order valence-electron chi connectivity index (χ0n) is 16.4. The molecule has 0 radical (unpaired) electrons. The lowest BCUT2D eigenvalue weighted by molar-refractivity contribution is 0.687. The molecule has 0 saturated carbocycles. The molecule has 2 aromatic carbocycles. The quantitative estimate of drug-likeness (QED) is 0.253. The molecule has 164 valence electrons. The Morgan fingerprint density at radius 1 is 0.906 bits per heavy atom. The number of aromatic nitrogens is 4. The van der Waals surface area contributed by atoms with Gasteiger partial charge in [-0.2, -0.15) is 10.2 Å². The Labute approximate surface area is 213 Å². The molecule has 0 amide bonds. The van der Waals surface area contributed by atoms with Crippen molar-refractivity contribution in [3.05, 3.63) is 91.7 Å². The van der Waals surface area contributed by atoms with Crippen molar-refractivity contribution in [1.29, 1.82) is 0 Å². The van der Waals surface area contributed by atoms with Gasteiger partial charge in [0, 0.05) is 33.0 Å². The summed E-state index contributed by atoms with van der Waals surface area (Å²) in [7, 11) is 0. The van der Waals surface area contributed by atoms with Crippen LogP contribution in [0.1, 0.15) is 11.1 Å². The van der Waals surface area contributed by atoms with Gasteiger partial charge in [-0.3, -0.25) is 9.36 Å². The van der Waals surface area contributed by atoms with E-state index in [-0.39, 0.29) is 0 Å². The van der Waals surface area contributed by atoms with Crippen molar-refractivity contribution < 1.29 is 0 Å². The smallest absolute Gasteiger partial charge is 0.176 e. The molecule has 32 heavy (non-hydrogen) atoms. The molecule has 0 atom stereocenters. The van der Waals surface area contributed by atoms with Crippen LogP contribution in [0.15, 0.2) is 65.5 Å². The van der Waals surface area contributed by atoms with Gasteiger partial charge in [0.25, 0.3) is 0 Å². The predicted molar refractivity (Wildman–Crippen MR) is 138 cm³/mol. The molecule has 2 aromatic heterocycles. The van der Waals surface area contributed by atoms with Crippen molar-refractivity contribution in [3.8, 4) is 0 Å². The Balaban J connectivity index is 1.38. The largest absolute Gasteiger partial charge is 0.330 e. The number of halogens is 4. The van der Waals surface area contributed by atoms with Crippen LogP contribution in [0.5, 0.6) is 0 Å². The number of benzene rings is 2. The van der Waals surface area contributed by atoms with Crippen LogP contribution in [0, 0.1) is 0 Å². The molecular formula is C21H16BrCl3N6S. The van der Waals surface area contributed by atoms with E-state index in [0.29, 0.717) is 39.1 Å². The molecule has 0 aliphatic heterocycles. The lowest BCUT2D eigenvalue weighted by atomic mass is 10.2. The lowest BCUT2D eigenvalue weighted by Gasteiger charge is -2.08. The van der Waals surface area contributed by atoms with Gasteiger partial charge in [-0.25, -0.2) is 0 Å². The standard InChI is InChI=1S/C21H16BrCl3N6S/c22-16-12-31(9-13-4-1-2-5-17(13)23)29-20(16)28-21(32)27-14-8-26-30(10-14)11-15-18(24)6-3-7-19(15)25/h1-8,10,12H,9,11H2,(H2,27,28,29,32). The van der Waals surface area contributed by atoms with Crippen LogP contribution >= 0.6 is 63.0 Å². The maximum Gasteiger partial charge on any atom is 0.176 e. The fourth-order valence-corrected chi connectivity index (χ4v) is 4.34. The summed E-state index contributed by atoms with van der Waals surface area (Å²) in [5, 5.41) is 17.3. The fraction of sp³-hybridized carbons (Fsp3) is 0.0952. The summed E-state index contributed by atoms with van der Waals surface area (Å²) in [5.74, 6) is 0.588. The van der Waals surface area contributed by atoms with Crippen LogP contribution in [0.4, 0.5) is 11.5 Å². The molecular weight excluding hydrogens is 555 g/mol. The number of hydrogen-bond donors (Lipinski definition) is 2. The van der Waals surface area contributed by atoms with Gasteiger partial charge in [0.15, 0.2) is 10.9 Å². The number of thiocarbonyl (C=S) groups is 1. The summed E-state index contributed by atoms with van der Waals surface area (Å²) in [6, 6.07) is 13.1. The minimum atomic E-state index is 0.379. The third-order valence-electron chi connectivity index (χ3n) is 4.51. The second-order valence-corrected chi connectivity index (χ2v) is 9.30. The molecule has 6 nitrogen and oxygen atoms in total. The minimum absolute atomic E-state index is 0.379. The topological polar surface area (TPSA) is 59.7 Å². The van der Waals surface area contributed by atoms with Gasteiger partial charge in [0.05, 0.1) is 29.4 Å². The molecule has 11 heteroatoms. The SMILES string of the molecule is S=C(Nc1cnn(Cc2c(Cl)cccc2Cl)c1)Nc1nn(Cc2ccccc2Cl)cc1Br. The maximum atomic E-state index is 6.24.